The Labute approximate surface area is 105 Å². The molecule has 2 aromatic rings. The second kappa shape index (κ2) is 5.07. The summed E-state index contributed by atoms with van der Waals surface area (Å²) in [5, 5.41) is 3.21. The molecule has 0 saturated heterocycles. The lowest BCUT2D eigenvalue weighted by Gasteiger charge is -2.12. The Kier molecular flexibility index (Phi) is 3.50. The quantitative estimate of drug-likeness (QED) is 0.744. The lowest BCUT2D eigenvalue weighted by molar-refractivity contribution is 0.386. The monoisotopic (exact) mass is 250 g/mol. The molecule has 7 heteroatoms. The van der Waals surface area contributed by atoms with Gasteiger partial charge in [0.2, 0.25) is 5.95 Å². The summed E-state index contributed by atoms with van der Waals surface area (Å²) in [6.07, 6.45) is 2.15. The Hall–Kier alpha value is -2.05. The van der Waals surface area contributed by atoms with E-state index in [9.17, 15) is 0 Å². The highest BCUT2D eigenvalue weighted by Crippen LogP contribution is 2.20. The number of ether oxygens (including phenoxy) is 1. The molecule has 0 spiro atoms. The minimum Gasteiger partial charge on any atom is -0.468 e. The summed E-state index contributed by atoms with van der Waals surface area (Å²) in [7, 11) is 1.53. The number of aromatic nitrogens is 4. The Morgan fingerprint density at radius 2 is 2.17 bits per heavy atom. The number of imidazole rings is 1. The van der Waals surface area contributed by atoms with Crippen molar-refractivity contribution in [3.05, 3.63) is 0 Å². The maximum Gasteiger partial charge on any atom is 0.295 e. The summed E-state index contributed by atoms with van der Waals surface area (Å²) in [5.41, 5.74) is 6.96. The third kappa shape index (κ3) is 2.44. The molecule has 0 aromatic carbocycles. The molecule has 2 heterocycles. The normalized spacial score (nSPS) is 12.6. The average Bonchev–Trinajstić information content (AvgIpc) is 2.72. The van der Waals surface area contributed by atoms with E-state index in [1.807, 2.05) is 0 Å². The molecule has 0 aliphatic heterocycles. The SMILES string of the molecule is CCC[C@H](C)Nc1nc(N)c2[nH]c(OC)nc2n1. The number of nitrogens with one attached hydrogen (secondary N) is 2. The number of hydrogen-bond acceptors (Lipinski definition) is 6. The van der Waals surface area contributed by atoms with Crippen LogP contribution in [0, 0.1) is 0 Å². The van der Waals surface area contributed by atoms with Gasteiger partial charge in [0, 0.05) is 6.04 Å². The first-order chi connectivity index (χ1) is 8.63. The van der Waals surface area contributed by atoms with Gasteiger partial charge in [0.05, 0.1) is 7.11 Å². The van der Waals surface area contributed by atoms with Crippen LogP contribution in [0.2, 0.25) is 0 Å². The minimum absolute atomic E-state index is 0.299. The molecule has 7 nitrogen and oxygen atoms in total. The van der Waals surface area contributed by atoms with E-state index in [1.54, 1.807) is 0 Å². The molecule has 1 atom stereocenters. The van der Waals surface area contributed by atoms with Crippen molar-refractivity contribution in [3.8, 4) is 6.01 Å². The van der Waals surface area contributed by atoms with E-state index in [0.717, 1.165) is 12.8 Å². The average molecular weight is 250 g/mol. The van der Waals surface area contributed by atoms with Gasteiger partial charge in [0.25, 0.3) is 6.01 Å². The van der Waals surface area contributed by atoms with Crippen molar-refractivity contribution in [2.75, 3.05) is 18.2 Å². The zero-order valence-corrected chi connectivity index (χ0v) is 10.8. The van der Waals surface area contributed by atoms with Crippen LogP contribution in [0.15, 0.2) is 0 Å². The predicted molar refractivity (Wildman–Crippen MR) is 70.6 cm³/mol. The first kappa shape index (κ1) is 12.4. The highest BCUT2D eigenvalue weighted by atomic mass is 16.5. The van der Waals surface area contributed by atoms with Crippen molar-refractivity contribution in [2.45, 2.75) is 32.7 Å². The van der Waals surface area contributed by atoms with Gasteiger partial charge in [-0.2, -0.15) is 15.0 Å². The van der Waals surface area contributed by atoms with Gasteiger partial charge in [0.15, 0.2) is 11.5 Å². The highest BCUT2D eigenvalue weighted by Gasteiger charge is 2.12. The highest BCUT2D eigenvalue weighted by molar-refractivity contribution is 5.83. The lowest BCUT2D eigenvalue weighted by Crippen LogP contribution is -2.17. The number of anilines is 2. The zero-order chi connectivity index (χ0) is 13.1. The van der Waals surface area contributed by atoms with Crippen molar-refractivity contribution < 1.29 is 4.74 Å². The predicted octanol–water partition coefficient (Wildman–Crippen LogP) is 1.54. The van der Waals surface area contributed by atoms with Crippen LogP contribution >= 0.6 is 0 Å². The van der Waals surface area contributed by atoms with Gasteiger partial charge in [-0.25, -0.2) is 0 Å². The Morgan fingerprint density at radius 1 is 1.39 bits per heavy atom. The van der Waals surface area contributed by atoms with Gasteiger partial charge in [-0.15, -0.1) is 0 Å². The van der Waals surface area contributed by atoms with E-state index in [0.29, 0.717) is 35.0 Å². The zero-order valence-electron chi connectivity index (χ0n) is 10.8. The fourth-order valence-electron chi connectivity index (χ4n) is 1.78. The summed E-state index contributed by atoms with van der Waals surface area (Å²) in [6, 6.07) is 0.678. The first-order valence-electron chi connectivity index (χ1n) is 5.97. The summed E-state index contributed by atoms with van der Waals surface area (Å²) < 4.78 is 5.00. The van der Waals surface area contributed by atoms with Crippen molar-refractivity contribution in [1.29, 1.82) is 0 Å². The lowest BCUT2D eigenvalue weighted by atomic mass is 10.2. The molecular weight excluding hydrogens is 232 g/mol. The van der Waals surface area contributed by atoms with Crippen LogP contribution in [0.4, 0.5) is 11.8 Å². The Bertz CT molecular complexity index is 538. The third-order valence-corrected chi connectivity index (χ3v) is 2.65. The number of fused-ring (bicyclic) bond motifs is 1. The molecule has 0 radical (unpaired) electrons. The molecule has 0 amide bonds. The number of aromatic amines is 1. The molecule has 0 saturated carbocycles. The maximum atomic E-state index is 5.86. The molecule has 0 bridgehead atoms. The minimum atomic E-state index is 0.299. The summed E-state index contributed by atoms with van der Waals surface area (Å²) in [5.74, 6) is 0.858. The molecule has 2 aromatic heterocycles. The smallest absolute Gasteiger partial charge is 0.295 e. The standard InChI is InChI=1S/C11H18N6O/c1-4-5-6(2)13-10-15-8(12)7-9(16-10)17-11(14-7)18-3/h6H,4-5H2,1-3H3,(H4,12,13,14,15,16,17)/t6-/m0/s1. The largest absolute Gasteiger partial charge is 0.468 e. The van der Waals surface area contributed by atoms with Crippen LogP contribution in [0.25, 0.3) is 11.2 Å². The van der Waals surface area contributed by atoms with Crippen LogP contribution in [0.5, 0.6) is 6.01 Å². The number of hydrogen-bond donors (Lipinski definition) is 3. The van der Waals surface area contributed by atoms with Crippen LogP contribution in [0.1, 0.15) is 26.7 Å². The molecule has 0 aliphatic carbocycles. The van der Waals surface area contributed by atoms with Gasteiger partial charge in [-0.3, -0.25) is 0 Å². The van der Waals surface area contributed by atoms with Crippen LogP contribution in [-0.2, 0) is 0 Å². The van der Waals surface area contributed by atoms with Crippen molar-refractivity contribution >= 4 is 22.9 Å². The Balaban J connectivity index is 2.30. The van der Waals surface area contributed by atoms with Gasteiger partial charge in [-0.05, 0) is 13.3 Å². The van der Waals surface area contributed by atoms with Gasteiger partial charge >= 0.3 is 0 Å². The maximum absolute atomic E-state index is 5.86. The topological polar surface area (TPSA) is 102 Å². The van der Waals surface area contributed by atoms with Crippen molar-refractivity contribution in [2.24, 2.45) is 0 Å². The number of nitrogen functional groups attached to an aromatic ring is 1. The fraction of sp³-hybridized carbons (Fsp3) is 0.545. The van der Waals surface area contributed by atoms with Crippen LogP contribution < -0.4 is 15.8 Å². The van der Waals surface area contributed by atoms with Gasteiger partial charge in [0.1, 0.15) is 5.52 Å². The Morgan fingerprint density at radius 3 is 2.83 bits per heavy atom. The molecule has 98 valence electrons. The number of nitrogens with two attached hydrogens (primary N) is 1. The van der Waals surface area contributed by atoms with E-state index >= 15 is 0 Å². The van der Waals surface area contributed by atoms with E-state index in [1.165, 1.54) is 7.11 Å². The molecular formula is C11H18N6O. The van der Waals surface area contributed by atoms with E-state index in [2.05, 4.69) is 39.1 Å². The summed E-state index contributed by atoms with van der Waals surface area (Å²) in [4.78, 5) is 15.6. The van der Waals surface area contributed by atoms with Gasteiger partial charge < -0.3 is 20.8 Å². The van der Waals surface area contributed by atoms with Crippen molar-refractivity contribution in [3.63, 3.8) is 0 Å². The van der Waals surface area contributed by atoms with Crippen LogP contribution in [0.3, 0.4) is 0 Å². The second-order valence-electron chi connectivity index (χ2n) is 4.21. The second-order valence-corrected chi connectivity index (χ2v) is 4.21. The fourth-order valence-corrected chi connectivity index (χ4v) is 1.78. The third-order valence-electron chi connectivity index (χ3n) is 2.65. The molecule has 4 N–H and O–H groups in total. The molecule has 2 rings (SSSR count). The molecule has 0 aliphatic rings. The summed E-state index contributed by atoms with van der Waals surface area (Å²) in [6.45, 7) is 4.22. The van der Waals surface area contributed by atoms with Crippen LogP contribution in [-0.4, -0.2) is 33.1 Å². The van der Waals surface area contributed by atoms with E-state index in [4.69, 9.17) is 10.5 Å². The number of rotatable bonds is 5. The number of H-pyrrole nitrogens is 1. The van der Waals surface area contributed by atoms with Crippen molar-refractivity contribution in [1.82, 2.24) is 19.9 Å². The number of nitrogens with zero attached hydrogens (tertiary/aromatic N) is 3. The first-order valence-corrected chi connectivity index (χ1v) is 5.97. The number of methoxy groups -OCH3 is 1. The van der Waals surface area contributed by atoms with E-state index < -0.39 is 0 Å². The summed E-state index contributed by atoms with van der Waals surface area (Å²) >= 11 is 0. The molecule has 0 unspecified atom stereocenters. The molecule has 18 heavy (non-hydrogen) atoms. The van der Waals surface area contributed by atoms with Gasteiger partial charge in [-0.1, -0.05) is 13.3 Å². The van der Waals surface area contributed by atoms with E-state index in [-0.39, 0.29) is 0 Å². The molecule has 0 fully saturated rings.